The van der Waals surface area contributed by atoms with E-state index in [0.29, 0.717) is 13.1 Å². The van der Waals surface area contributed by atoms with E-state index in [4.69, 9.17) is 9.47 Å². The van der Waals surface area contributed by atoms with Gasteiger partial charge in [0.05, 0.1) is 18.8 Å². The number of hydrogen-bond donors (Lipinski definition) is 2. The summed E-state index contributed by atoms with van der Waals surface area (Å²) in [4.78, 5) is 12.6. The molecule has 0 spiro atoms. The standard InChI is InChI=1S/C25H30N4O3/c1-17-21(18(2)29(28-17)15-19-8-6-5-7-9-19)13-26-24(30)14-27-25(3,4)20-10-11-22-23(12-20)32-16-31-22/h5-12,27H,13-16H2,1-4H3,(H,26,30). The quantitative estimate of drug-likeness (QED) is 0.568. The molecule has 7 nitrogen and oxygen atoms in total. The predicted molar refractivity (Wildman–Crippen MR) is 123 cm³/mol. The van der Waals surface area contributed by atoms with E-state index in [9.17, 15) is 4.79 Å². The molecule has 3 aromatic rings. The second-order valence-electron chi connectivity index (χ2n) is 8.62. The van der Waals surface area contributed by atoms with Gasteiger partial charge in [-0.15, -0.1) is 0 Å². The van der Waals surface area contributed by atoms with Gasteiger partial charge in [0.2, 0.25) is 12.7 Å². The molecule has 0 fully saturated rings. The summed E-state index contributed by atoms with van der Waals surface area (Å²) in [6.07, 6.45) is 0. The van der Waals surface area contributed by atoms with E-state index in [-0.39, 0.29) is 19.2 Å². The van der Waals surface area contributed by atoms with E-state index in [1.165, 1.54) is 5.56 Å². The van der Waals surface area contributed by atoms with Crippen molar-refractivity contribution in [2.45, 2.75) is 46.3 Å². The highest BCUT2D eigenvalue weighted by Crippen LogP contribution is 2.35. The smallest absolute Gasteiger partial charge is 0.234 e. The molecule has 0 unspecified atom stereocenters. The number of aryl methyl sites for hydroxylation is 1. The topological polar surface area (TPSA) is 77.4 Å². The van der Waals surface area contributed by atoms with Crippen LogP contribution in [0.25, 0.3) is 0 Å². The largest absolute Gasteiger partial charge is 0.454 e. The number of ether oxygens (including phenoxy) is 2. The van der Waals surface area contributed by atoms with E-state index >= 15 is 0 Å². The van der Waals surface area contributed by atoms with E-state index in [1.54, 1.807) is 0 Å². The highest BCUT2D eigenvalue weighted by Gasteiger charge is 2.24. The van der Waals surface area contributed by atoms with Gasteiger partial charge < -0.3 is 14.8 Å². The van der Waals surface area contributed by atoms with Crippen LogP contribution in [0.2, 0.25) is 0 Å². The lowest BCUT2D eigenvalue weighted by atomic mass is 9.94. The molecule has 168 valence electrons. The second kappa shape index (κ2) is 9.04. The van der Waals surface area contributed by atoms with Gasteiger partial charge in [0.25, 0.3) is 0 Å². The van der Waals surface area contributed by atoms with Crippen LogP contribution in [0.5, 0.6) is 11.5 Å². The van der Waals surface area contributed by atoms with Crippen LogP contribution in [0.1, 0.15) is 41.9 Å². The van der Waals surface area contributed by atoms with Gasteiger partial charge >= 0.3 is 0 Å². The molecular formula is C25H30N4O3. The van der Waals surface area contributed by atoms with Crippen LogP contribution in [0.4, 0.5) is 0 Å². The number of nitrogens with one attached hydrogen (secondary N) is 2. The van der Waals surface area contributed by atoms with Crippen molar-refractivity contribution in [2.24, 2.45) is 0 Å². The Balaban J connectivity index is 1.33. The molecule has 4 rings (SSSR count). The van der Waals surface area contributed by atoms with Gasteiger partial charge in [0, 0.05) is 23.3 Å². The molecule has 1 aromatic heterocycles. The summed E-state index contributed by atoms with van der Waals surface area (Å²) >= 11 is 0. The zero-order valence-electron chi connectivity index (χ0n) is 19.1. The van der Waals surface area contributed by atoms with Crippen molar-refractivity contribution >= 4 is 5.91 Å². The second-order valence-corrected chi connectivity index (χ2v) is 8.62. The van der Waals surface area contributed by atoms with Crippen molar-refractivity contribution in [3.05, 3.63) is 76.6 Å². The number of hydrogen-bond acceptors (Lipinski definition) is 5. The molecule has 1 aliphatic rings. The molecule has 0 aliphatic carbocycles. The minimum Gasteiger partial charge on any atom is -0.454 e. The van der Waals surface area contributed by atoms with Crippen LogP contribution < -0.4 is 20.1 Å². The van der Waals surface area contributed by atoms with Crippen LogP contribution >= 0.6 is 0 Å². The van der Waals surface area contributed by atoms with Gasteiger partial charge in [-0.05, 0) is 51.0 Å². The fraction of sp³-hybridized carbons (Fsp3) is 0.360. The van der Waals surface area contributed by atoms with E-state index in [1.807, 2.05) is 68.8 Å². The van der Waals surface area contributed by atoms with E-state index in [2.05, 4.69) is 27.9 Å². The van der Waals surface area contributed by atoms with E-state index < -0.39 is 5.54 Å². The summed E-state index contributed by atoms with van der Waals surface area (Å²) < 4.78 is 12.8. The van der Waals surface area contributed by atoms with Crippen molar-refractivity contribution < 1.29 is 14.3 Å². The summed E-state index contributed by atoms with van der Waals surface area (Å²) in [5.41, 5.74) is 4.90. The maximum absolute atomic E-state index is 12.6. The number of benzene rings is 2. The SMILES string of the molecule is Cc1nn(Cc2ccccc2)c(C)c1CNC(=O)CNC(C)(C)c1ccc2c(c1)OCO2. The molecule has 0 saturated carbocycles. The Morgan fingerprint density at radius 1 is 1.09 bits per heavy atom. The lowest BCUT2D eigenvalue weighted by Gasteiger charge is -2.27. The van der Waals surface area contributed by atoms with Crippen LogP contribution in [-0.2, 0) is 23.4 Å². The van der Waals surface area contributed by atoms with E-state index in [0.717, 1.165) is 34.0 Å². The van der Waals surface area contributed by atoms with Gasteiger partial charge in [0.15, 0.2) is 11.5 Å². The fourth-order valence-corrected chi connectivity index (χ4v) is 3.84. The number of carbonyl (C=O) groups is 1. The van der Waals surface area contributed by atoms with Crippen molar-refractivity contribution in [3.63, 3.8) is 0 Å². The average molecular weight is 435 g/mol. The van der Waals surface area contributed by atoms with Crippen LogP contribution in [-0.4, -0.2) is 29.0 Å². The predicted octanol–water partition coefficient (Wildman–Crippen LogP) is 3.42. The number of aromatic nitrogens is 2. The molecule has 2 heterocycles. The zero-order valence-corrected chi connectivity index (χ0v) is 19.1. The number of fused-ring (bicyclic) bond motifs is 1. The van der Waals surface area contributed by atoms with Gasteiger partial charge in [-0.2, -0.15) is 5.10 Å². The average Bonchev–Trinajstić information content (AvgIpc) is 3.35. The summed E-state index contributed by atoms with van der Waals surface area (Å²) in [5, 5.41) is 11.0. The van der Waals surface area contributed by atoms with Gasteiger partial charge in [0.1, 0.15) is 0 Å². The number of amides is 1. The maximum Gasteiger partial charge on any atom is 0.234 e. The molecule has 2 aromatic carbocycles. The summed E-state index contributed by atoms with van der Waals surface area (Å²) in [7, 11) is 0. The Labute approximate surface area is 188 Å². The minimum absolute atomic E-state index is 0.0616. The summed E-state index contributed by atoms with van der Waals surface area (Å²) in [6.45, 7) is 9.74. The lowest BCUT2D eigenvalue weighted by molar-refractivity contribution is -0.120. The van der Waals surface area contributed by atoms with Crippen molar-refractivity contribution in [1.82, 2.24) is 20.4 Å². The maximum atomic E-state index is 12.6. The highest BCUT2D eigenvalue weighted by molar-refractivity contribution is 5.78. The number of rotatable bonds is 8. The number of carbonyl (C=O) groups excluding carboxylic acids is 1. The minimum atomic E-state index is -0.398. The highest BCUT2D eigenvalue weighted by atomic mass is 16.7. The monoisotopic (exact) mass is 434 g/mol. The van der Waals surface area contributed by atoms with Crippen LogP contribution in [0, 0.1) is 13.8 Å². The molecule has 1 amide bonds. The van der Waals surface area contributed by atoms with Crippen molar-refractivity contribution in [2.75, 3.05) is 13.3 Å². The summed E-state index contributed by atoms with van der Waals surface area (Å²) in [5.74, 6) is 1.43. The summed E-state index contributed by atoms with van der Waals surface area (Å²) in [6, 6.07) is 16.1. The van der Waals surface area contributed by atoms with Gasteiger partial charge in [-0.1, -0.05) is 36.4 Å². The van der Waals surface area contributed by atoms with Gasteiger partial charge in [-0.25, -0.2) is 0 Å². The molecule has 0 bridgehead atoms. The fourth-order valence-electron chi connectivity index (χ4n) is 3.84. The Hall–Kier alpha value is -3.32. The van der Waals surface area contributed by atoms with Crippen molar-refractivity contribution in [3.8, 4) is 11.5 Å². The zero-order chi connectivity index (χ0) is 22.7. The Bertz CT molecular complexity index is 1110. The molecule has 0 radical (unpaired) electrons. The molecule has 0 saturated heterocycles. The normalized spacial score (nSPS) is 12.8. The molecule has 7 heteroatoms. The Morgan fingerprint density at radius 3 is 2.62 bits per heavy atom. The van der Waals surface area contributed by atoms with Crippen LogP contribution in [0.15, 0.2) is 48.5 Å². The third-order valence-electron chi connectivity index (χ3n) is 5.95. The molecule has 32 heavy (non-hydrogen) atoms. The molecule has 0 atom stereocenters. The first-order valence-electron chi connectivity index (χ1n) is 10.8. The Morgan fingerprint density at radius 2 is 1.84 bits per heavy atom. The lowest BCUT2D eigenvalue weighted by Crippen LogP contribution is -2.43. The van der Waals surface area contributed by atoms with Crippen molar-refractivity contribution in [1.29, 1.82) is 0 Å². The van der Waals surface area contributed by atoms with Gasteiger partial charge in [-0.3, -0.25) is 14.8 Å². The first-order chi connectivity index (χ1) is 15.3. The third kappa shape index (κ3) is 4.78. The first-order valence-corrected chi connectivity index (χ1v) is 10.8. The molecule has 2 N–H and O–H groups in total. The third-order valence-corrected chi connectivity index (χ3v) is 5.95. The molecule has 1 aliphatic heterocycles. The first kappa shape index (κ1) is 21.9. The molecular weight excluding hydrogens is 404 g/mol. The van der Waals surface area contributed by atoms with Crippen LogP contribution in [0.3, 0.4) is 0 Å². The Kier molecular flexibility index (Phi) is 6.19. The number of nitrogens with zero attached hydrogens (tertiary/aromatic N) is 2.